The van der Waals surface area contributed by atoms with E-state index in [1.165, 1.54) is 12.1 Å². The largest absolute Gasteiger partial charge is 0.493 e. The van der Waals surface area contributed by atoms with Crippen LogP contribution in [0.3, 0.4) is 0 Å². The minimum Gasteiger partial charge on any atom is -0.493 e. The molecule has 25 heavy (non-hydrogen) atoms. The van der Waals surface area contributed by atoms with Crippen LogP contribution in [0.2, 0.25) is 0 Å². The Kier molecular flexibility index (Phi) is 5.81. The molecule has 0 radical (unpaired) electrons. The number of rotatable bonds is 6. The molecule has 0 bridgehead atoms. The number of sulfonamides is 1. The summed E-state index contributed by atoms with van der Waals surface area (Å²) in [5, 5.41) is 7.90. The summed E-state index contributed by atoms with van der Waals surface area (Å²) in [6, 6.07) is 10.4. The summed E-state index contributed by atoms with van der Waals surface area (Å²) in [5.74, 6) is 0.473. The van der Waals surface area contributed by atoms with Crippen LogP contribution >= 0.6 is 0 Å². The zero-order chi connectivity index (χ0) is 18.6. The van der Waals surface area contributed by atoms with Crippen molar-refractivity contribution in [2.75, 3.05) is 11.9 Å². The van der Waals surface area contributed by atoms with Gasteiger partial charge in [-0.25, -0.2) is 13.6 Å². The molecule has 0 aliphatic rings. The van der Waals surface area contributed by atoms with Crippen LogP contribution in [-0.4, -0.2) is 20.9 Å². The first-order valence-electron chi connectivity index (χ1n) is 7.81. The number of anilines is 1. The van der Waals surface area contributed by atoms with Crippen LogP contribution in [0.5, 0.6) is 5.75 Å². The van der Waals surface area contributed by atoms with Crippen molar-refractivity contribution in [1.82, 2.24) is 0 Å². The molecule has 2 aromatic rings. The molecule has 134 valence electrons. The smallest absolute Gasteiger partial charge is 0.238 e. The number of carbonyl (C=O) groups excluding carboxylic acids is 1. The van der Waals surface area contributed by atoms with Crippen LogP contribution in [0.1, 0.15) is 23.1 Å². The molecule has 2 aromatic carbocycles. The number of nitrogens with two attached hydrogens (primary N) is 1. The first-order chi connectivity index (χ1) is 11.7. The highest BCUT2D eigenvalue weighted by Crippen LogP contribution is 2.24. The number of para-hydroxylation sites is 1. The molecule has 6 nitrogen and oxygen atoms in total. The van der Waals surface area contributed by atoms with Gasteiger partial charge in [0.25, 0.3) is 0 Å². The Morgan fingerprint density at radius 3 is 2.44 bits per heavy atom. The number of nitrogens with one attached hydrogen (secondary N) is 1. The van der Waals surface area contributed by atoms with E-state index in [9.17, 15) is 13.2 Å². The maximum Gasteiger partial charge on any atom is 0.238 e. The van der Waals surface area contributed by atoms with Gasteiger partial charge in [0.2, 0.25) is 15.9 Å². The second-order valence-corrected chi connectivity index (χ2v) is 7.43. The Hall–Kier alpha value is -2.38. The van der Waals surface area contributed by atoms with E-state index in [2.05, 4.69) is 5.32 Å². The predicted octanol–water partition coefficient (Wildman–Crippen LogP) is 2.67. The van der Waals surface area contributed by atoms with Gasteiger partial charge in [-0.2, -0.15) is 0 Å². The Labute approximate surface area is 148 Å². The second-order valence-electron chi connectivity index (χ2n) is 5.87. The van der Waals surface area contributed by atoms with Gasteiger partial charge >= 0.3 is 0 Å². The quantitative estimate of drug-likeness (QED) is 0.825. The molecule has 0 saturated carbocycles. The molecule has 2 rings (SSSR count). The van der Waals surface area contributed by atoms with Crippen LogP contribution in [-0.2, 0) is 14.8 Å². The van der Waals surface area contributed by atoms with Crippen molar-refractivity contribution >= 4 is 21.6 Å². The van der Waals surface area contributed by atoms with Crippen molar-refractivity contribution in [2.45, 2.75) is 32.1 Å². The van der Waals surface area contributed by atoms with Gasteiger partial charge in [-0.1, -0.05) is 18.2 Å². The molecule has 0 aliphatic heterocycles. The highest BCUT2D eigenvalue weighted by molar-refractivity contribution is 7.89. The Bertz CT molecular complexity index is 892. The minimum atomic E-state index is -3.83. The molecule has 0 aliphatic carbocycles. The van der Waals surface area contributed by atoms with E-state index in [-0.39, 0.29) is 23.8 Å². The second kappa shape index (κ2) is 7.67. The third-order valence-electron chi connectivity index (χ3n) is 3.92. The van der Waals surface area contributed by atoms with E-state index >= 15 is 0 Å². The SMILES string of the molecule is Cc1ccccc1OCCC(=O)Nc1cc(S(N)(=O)=O)cc(C)c1C. The molecule has 0 saturated heterocycles. The summed E-state index contributed by atoms with van der Waals surface area (Å²) in [5.41, 5.74) is 2.96. The third-order valence-corrected chi connectivity index (χ3v) is 4.82. The highest BCUT2D eigenvalue weighted by atomic mass is 32.2. The van der Waals surface area contributed by atoms with Gasteiger partial charge < -0.3 is 10.1 Å². The molecule has 1 amide bonds. The summed E-state index contributed by atoms with van der Waals surface area (Å²) >= 11 is 0. The third kappa shape index (κ3) is 5.04. The zero-order valence-corrected chi connectivity index (χ0v) is 15.3. The molecular weight excluding hydrogens is 340 g/mol. The normalized spacial score (nSPS) is 11.2. The number of aryl methyl sites for hydroxylation is 2. The number of hydrogen-bond donors (Lipinski definition) is 2. The molecule has 3 N–H and O–H groups in total. The molecule has 0 spiro atoms. The molecular formula is C18H22N2O4S. The van der Waals surface area contributed by atoms with Crippen LogP contribution in [0.25, 0.3) is 0 Å². The Morgan fingerprint density at radius 2 is 1.80 bits per heavy atom. The van der Waals surface area contributed by atoms with Gasteiger partial charge in [0.15, 0.2) is 0 Å². The van der Waals surface area contributed by atoms with Gasteiger partial charge in [-0.3, -0.25) is 4.79 Å². The Morgan fingerprint density at radius 1 is 1.12 bits per heavy atom. The lowest BCUT2D eigenvalue weighted by Crippen LogP contribution is -2.18. The molecule has 7 heteroatoms. The lowest BCUT2D eigenvalue weighted by Gasteiger charge is -2.13. The highest BCUT2D eigenvalue weighted by Gasteiger charge is 2.14. The zero-order valence-electron chi connectivity index (χ0n) is 14.5. The summed E-state index contributed by atoms with van der Waals surface area (Å²) in [6.07, 6.45) is 0.145. The number of amides is 1. The van der Waals surface area contributed by atoms with Crippen molar-refractivity contribution in [3.63, 3.8) is 0 Å². The van der Waals surface area contributed by atoms with Crippen molar-refractivity contribution in [3.05, 3.63) is 53.1 Å². The van der Waals surface area contributed by atoms with Crippen molar-refractivity contribution < 1.29 is 17.9 Å². The molecule has 0 fully saturated rings. The van der Waals surface area contributed by atoms with E-state index in [1.807, 2.05) is 38.1 Å². The van der Waals surface area contributed by atoms with Gasteiger partial charge in [-0.05, 0) is 55.7 Å². The summed E-state index contributed by atoms with van der Waals surface area (Å²) in [6.45, 7) is 5.73. The topological polar surface area (TPSA) is 98.5 Å². The Balaban J connectivity index is 2.03. The van der Waals surface area contributed by atoms with Crippen molar-refractivity contribution in [1.29, 1.82) is 0 Å². The average molecular weight is 362 g/mol. The fourth-order valence-corrected chi connectivity index (χ4v) is 2.93. The number of hydrogen-bond acceptors (Lipinski definition) is 4. The van der Waals surface area contributed by atoms with Crippen LogP contribution in [0, 0.1) is 20.8 Å². The van der Waals surface area contributed by atoms with E-state index in [0.29, 0.717) is 5.69 Å². The number of primary sulfonamides is 1. The van der Waals surface area contributed by atoms with Gasteiger partial charge in [-0.15, -0.1) is 0 Å². The van der Waals surface area contributed by atoms with E-state index in [1.54, 1.807) is 6.92 Å². The van der Waals surface area contributed by atoms with Crippen LogP contribution in [0.4, 0.5) is 5.69 Å². The lowest BCUT2D eigenvalue weighted by molar-refractivity contribution is -0.116. The van der Waals surface area contributed by atoms with Crippen LogP contribution < -0.4 is 15.2 Å². The molecule has 0 unspecified atom stereocenters. The maximum absolute atomic E-state index is 12.1. The monoisotopic (exact) mass is 362 g/mol. The van der Waals surface area contributed by atoms with E-state index in [0.717, 1.165) is 22.4 Å². The average Bonchev–Trinajstić information content (AvgIpc) is 2.52. The van der Waals surface area contributed by atoms with Gasteiger partial charge in [0, 0.05) is 5.69 Å². The fraction of sp³-hybridized carbons (Fsp3) is 0.278. The van der Waals surface area contributed by atoms with E-state index < -0.39 is 10.0 Å². The number of ether oxygens (including phenoxy) is 1. The van der Waals surface area contributed by atoms with Crippen molar-refractivity contribution in [2.24, 2.45) is 5.14 Å². The van der Waals surface area contributed by atoms with Crippen LogP contribution in [0.15, 0.2) is 41.3 Å². The molecule has 0 aromatic heterocycles. The first-order valence-corrected chi connectivity index (χ1v) is 9.35. The van der Waals surface area contributed by atoms with Gasteiger partial charge in [0.1, 0.15) is 5.75 Å². The maximum atomic E-state index is 12.1. The molecule has 0 atom stereocenters. The number of carbonyl (C=O) groups is 1. The minimum absolute atomic E-state index is 0.0259. The van der Waals surface area contributed by atoms with E-state index in [4.69, 9.17) is 9.88 Å². The summed E-state index contributed by atoms with van der Waals surface area (Å²) in [4.78, 5) is 12.1. The van der Waals surface area contributed by atoms with Crippen molar-refractivity contribution in [3.8, 4) is 5.75 Å². The van der Waals surface area contributed by atoms with Gasteiger partial charge in [0.05, 0.1) is 17.9 Å². The first kappa shape index (κ1) is 19.0. The lowest BCUT2D eigenvalue weighted by atomic mass is 10.1. The molecule has 0 heterocycles. The summed E-state index contributed by atoms with van der Waals surface area (Å²) < 4.78 is 28.7. The fourth-order valence-electron chi connectivity index (χ4n) is 2.31. The summed E-state index contributed by atoms with van der Waals surface area (Å²) in [7, 11) is -3.83. The number of benzene rings is 2. The predicted molar refractivity (Wildman–Crippen MR) is 97.2 cm³/mol. The standard InChI is InChI=1S/C18H22N2O4S/c1-12-6-4-5-7-17(12)24-9-8-18(21)20-16-11-15(25(19,22)23)10-13(2)14(16)3/h4-7,10-11H,8-9H2,1-3H3,(H,20,21)(H2,19,22,23).